The molecular weight excluding hydrogens is 303 g/mol. The van der Waals surface area contributed by atoms with E-state index in [1.54, 1.807) is 7.11 Å². The Bertz CT molecular complexity index is 707. The second kappa shape index (κ2) is 7.75. The molecule has 0 radical (unpaired) electrons. The summed E-state index contributed by atoms with van der Waals surface area (Å²) >= 11 is 0. The molecule has 0 N–H and O–H groups in total. The third-order valence-corrected chi connectivity index (χ3v) is 5.93. The van der Waals surface area contributed by atoms with E-state index in [9.17, 15) is 4.79 Å². The Labute approximate surface area is 141 Å². The number of carbonyl (C=O) groups excluding carboxylic acids is 1. The summed E-state index contributed by atoms with van der Waals surface area (Å²) in [6, 6.07) is 10.5. The molecule has 0 fully saturated rings. The van der Waals surface area contributed by atoms with Crippen molar-refractivity contribution in [2.24, 2.45) is 0 Å². The molecule has 0 saturated heterocycles. The van der Waals surface area contributed by atoms with Crippen molar-refractivity contribution in [3.05, 3.63) is 58.1 Å². The van der Waals surface area contributed by atoms with Crippen LogP contribution < -0.4 is 10.0 Å². The van der Waals surface area contributed by atoms with Gasteiger partial charge < -0.3 is 4.74 Å². The van der Waals surface area contributed by atoms with Gasteiger partial charge in [0.25, 0.3) is 0 Å². The lowest BCUT2D eigenvalue weighted by Gasteiger charge is -2.21. The molecule has 0 bridgehead atoms. The standard InChI is InChI=1S/C20H25O2P/c1-6-18(17-11-14(3)9-15(4)20(17)22-5)23-19-8-7-13(2)10-16(19)12-21/h7-12,18,23H,6H2,1-5H3. The quantitative estimate of drug-likeness (QED) is 0.557. The van der Waals surface area contributed by atoms with Gasteiger partial charge in [-0.3, -0.25) is 4.79 Å². The van der Waals surface area contributed by atoms with Gasteiger partial charge in [-0.1, -0.05) is 50.9 Å². The number of ether oxygens (including phenoxy) is 1. The molecule has 2 aromatic rings. The van der Waals surface area contributed by atoms with E-state index < -0.39 is 0 Å². The lowest BCUT2D eigenvalue weighted by molar-refractivity contribution is 0.112. The Hall–Kier alpha value is -1.66. The van der Waals surface area contributed by atoms with Gasteiger partial charge >= 0.3 is 0 Å². The monoisotopic (exact) mass is 328 g/mol. The summed E-state index contributed by atoms with van der Waals surface area (Å²) in [5.41, 5.74) is 5.97. The van der Waals surface area contributed by atoms with Crippen LogP contribution in [0.3, 0.4) is 0 Å². The van der Waals surface area contributed by atoms with E-state index in [1.807, 2.05) is 13.0 Å². The zero-order valence-electron chi connectivity index (χ0n) is 14.6. The molecule has 2 atom stereocenters. The van der Waals surface area contributed by atoms with Gasteiger partial charge in [0.1, 0.15) is 5.75 Å². The number of aryl methyl sites for hydroxylation is 3. The van der Waals surface area contributed by atoms with Crippen LogP contribution in [0.15, 0.2) is 30.3 Å². The molecule has 0 saturated carbocycles. The zero-order chi connectivity index (χ0) is 17.0. The second-order valence-electron chi connectivity index (χ2n) is 6.02. The molecule has 3 heteroatoms. The molecule has 0 heterocycles. The summed E-state index contributed by atoms with van der Waals surface area (Å²) in [6.07, 6.45) is 1.99. The molecule has 122 valence electrons. The average molecular weight is 328 g/mol. The first-order chi connectivity index (χ1) is 11.0. The predicted molar refractivity (Wildman–Crippen MR) is 100 cm³/mol. The molecule has 0 spiro atoms. The minimum atomic E-state index is 0.366. The van der Waals surface area contributed by atoms with Gasteiger partial charge in [-0.15, -0.1) is 0 Å². The highest BCUT2D eigenvalue weighted by atomic mass is 31.1. The predicted octanol–water partition coefficient (Wildman–Crippen LogP) is 4.89. The Balaban J connectivity index is 2.44. The average Bonchev–Trinajstić information content (AvgIpc) is 2.53. The molecule has 2 rings (SSSR count). The second-order valence-corrected chi connectivity index (χ2v) is 7.54. The van der Waals surface area contributed by atoms with E-state index in [1.165, 1.54) is 16.7 Å². The lowest BCUT2D eigenvalue weighted by atomic mass is 10.0. The van der Waals surface area contributed by atoms with Crippen molar-refractivity contribution in [1.82, 2.24) is 0 Å². The van der Waals surface area contributed by atoms with Gasteiger partial charge in [-0.25, -0.2) is 0 Å². The van der Waals surface area contributed by atoms with E-state index in [-0.39, 0.29) is 0 Å². The van der Waals surface area contributed by atoms with Crippen molar-refractivity contribution in [3.63, 3.8) is 0 Å². The van der Waals surface area contributed by atoms with Crippen LogP contribution in [0, 0.1) is 20.8 Å². The van der Waals surface area contributed by atoms with E-state index in [2.05, 4.69) is 45.0 Å². The summed E-state index contributed by atoms with van der Waals surface area (Å²) in [5.74, 6) is 0.981. The highest BCUT2D eigenvalue weighted by molar-refractivity contribution is 7.47. The van der Waals surface area contributed by atoms with Crippen molar-refractivity contribution < 1.29 is 9.53 Å². The Morgan fingerprint density at radius 2 is 1.87 bits per heavy atom. The van der Waals surface area contributed by atoms with Crippen molar-refractivity contribution >= 4 is 20.2 Å². The van der Waals surface area contributed by atoms with Crippen LogP contribution in [0.1, 0.15) is 51.6 Å². The Morgan fingerprint density at radius 1 is 1.13 bits per heavy atom. The maximum atomic E-state index is 11.4. The highest BCUT2D eigenvalue weighted by Gasteiger charge is 2.18. The third kappa shape index (κ3) is 4.00. The lowest BCUT2D eigenvalue weighted by Crippen LogP contribution is -2.08. The first-order valence-electron chi connectivity index (χ1n) is 7.97. The molecule has 0 amide bonds. The van der Waals surface area contributed by atoms with E-state index in [0.29, 0.717) is 14.2 Å². The molecule has 0 aliphatic rings. The number of hydrogen-bond donors (Lipinski definition) is 0. The van der Waals surface area contributed by atoms with E-state index in [4.69, 9.17) is 4.74 Å². The molecule has 2 nitrogen and oxygen atoms in total. The molecule has 2 aromatic carbocycles. The summed E-state index contributed by atoms with van der Waals surface area (Å²) in [7, 11) is 2.29. The third-order valence-electron chi connectivity index (χ3n) is 4.10. The first kappa shape index (κ1) is 17.7. The van der Waals surface area contributed by atoms with Gasteiger partial charge in [-0.05, 0) is 44.1 Å². The number of benzene rings is 2. The van der Waals surface area contributed by atoms with Gasteiger partial charge in [0.05, 0.1) is 7.11 Å². The normalized spacial score (nSPS) is 12.6. The van der Waals surface area contributed by atoms with Crippen molar-refractivity contribution in [1.29, 1.82) is 0 Å². The smallest absolute Gasteiger partial charge is 0.150 e. The number of carbonyl (C=O) groups is 1. The number of rotatable bonds is 6. The minimum Gasteiger partial charge on any atom is -0.496 e. The van der Waals surface area contributed by atoms with Crippen LogP contribution in [0.4, 0.5) is 0 Å². The first-order valence-corrected chi connectivity index (χ1v) is 9.05. The van der Waals surface area contributed by atoms with Crippen molar-refractivity contribution in [2.75, 3.05) is 7.11 Å². The fourth-order valence-corrected chi connectivity index (χ4v) is 4.45. The summed E-state index contributed by atoms with van der Waals surface area (Å²) < 4.78 is 5.66. The maximum Gasteiger partial charge on any atom is 0.150 e. The SMILES string of the molecule is CCC(Pc1ccc(C)cc1C=O)c1cc(C)cc(C)c1OC. The fraction of sp³-hybridized carbons (Fsp3) is 0.350. The Kier molecular flexibility index (Phi) is 5.96. The van der Waals surface area contributed by atoms with Crippen LogP contribution in [-0.2, 0) is 0 Å². The molecule has 0 aromatic heterocycles. The van der Waals surface area contributed by atoms with Crippen LogP contribution >= 0.6 is 8.58 Å². The fourth-order valence-electron chi connectivity index (χ4n) is 3.02. The molecule has 2 unspecified atom stereocenters. The number of hydrogen-bond acceptors (Lipinski definition) is 2. The van der Waals surface area contributed by atoms with E-state index >= 15 is 0 Å². The zero-order valence-corrected chi connectivity index (χ0v) is 15.6. The van der Waals surface area contributed by atoms with Crippen molar-refractivity contribution in [2.45, 2.75) is 39.8 Å². The minimum absolute atomic E-state index is 0.366. The van der Waals surface area contributed by atoms with Crippen molar-refractivity contribution in [3.8, 4) is 5.75 Å². The van der Waals surface area contributed by atoms with Gasteiger partial charge in [-0.2, -0.15) is 0 Å². The van der Waals surface area contributed by atoms with Gasteiger partial charge in [0, 0.05) is 16.8 Å². The topological polar surface area (TPSA) is 26.3 Å². The van der Waals surface area contributed by atoms with Gasteiger partial charge in [0.15, 0.2) is 6.29 Å². The van der Waals surface area contributed by atoms with Crippen LogP contribution in [0.5, 0.6) is 5.75 Å². The molecule has 23 heavy (non-hydrogen) atoms. The van der Waals surface area contributed by atoms with Crippen LogP contribution in [0.25, 0.3) is 0 Å². The molecular formula is C20H25O2P. The summed E-state index contributed by atoms with van der Waals surface area (Å²) in [4.78, 5) is 11.4. The van der Waals surface area contributed by atoms with Crippen LogP contribution in [0.2, 0.25) is 0 Å². The number of methoxy groups -OCH3 is 1. The number of aldehydes is 1. The largest absolute Gasteiger partial charge is 0.496 e. The molecule has 0 aliphatic carbocycles. The van der Waals surface area contributed by atoms with E-state index in [0.717, 1.165) is 34.9 Å². The molecule has 0 aliphatic heterocycles. The maximum absolute atomic E-state index is 11.4. The Morgan fingerprint density at radius 3 is 2.48 bits per heavy atom. The summed E-state index contributed by atoms with van der Waals surface area (Å²) in [5, 5.41) is 1.14. The van der Waals surface area contributed by atoms with Crippen LogP contribution in [-0.4, -0.2) is 13.4 Å². The van der Waals surface area contributed by atoms with Gasteiger partial charge in [0.2, 0.25) is 0 Å². The highest BCUT2D eigenvalue weighted by Crippen LogP contribution is 2.43. The summed E-state index contributed by atoms with van der Waals surface area (Å²) in [6.45, 7) is 8.43.